The average Bonchev–Trinajstić information content (AvgIpc) is 3.43. The Morgan fingerprint density at radius 1 is 1.07 bits per heavy atom. The number of fused-ring (bicyclic) bond motifs is 1. The zero-order valence-electron chi connectivity index (χ0n) is 15.1. The summed E-state index contributed by atoms with van der Waals surface area (Å²) in [4.78, 5) is 23.5. The third-order valence-corrected chi connectivity index (χ3v) is 5.05. The maximum atomic E-state index is 13.2. The summed E-state index contributed by atoms with van der Waals surface area (Å²) in [5.41, 5.74) is 1.39. The van der Waals surface area contributed by atoms with Gasteiger partial charge in [0, 0.05) is 30.1 Å². The van der Waals surface area contributed by atoms with Gasteiger partial charge in [0.25, 0.3) is 5.91 Å². The van der Waals surface area contributed by atoms with E-state index in [0.717, 1.165) is 24.8 Å². The smallest absolute Gasteiger partial charge is 0.254 e. The van der Waals surface area contributed by atoms with Gasteiger partial charge in [-0.2, -0.15) is 4.98 Å². The quantitative estimate of drug-likeness (QED) is 0.691. The summed E-state index contributed by atoms with van der Waals surface area (Å²) in [6.45, 7) is 0.823. The number of carbonyl (C=O) groups excluding carboxylic acids is 1. The molecule has 0 N–H and O–H groups in total. The molecule has 2 aliphatic rings. The average molecular weight is 378 g/mol. The predicted molar refractivity (Wildman–Crippen MR) is 97.7 cm³/mol. The second-order valence-electron chi connectivity index (χ2n) is 6.77. The molecular formula is C20H18N4O4. The normalized spacial score (nSPS) is 18.3. The summed E-state index contributed by atoms with van der Waals surface area (Å²) >= 11 is 0. The van der Waals surface area contributed by atoms with E-state index in [1.54, 1.807) is 30.6 Å². The van der Waals surface area contributed by atoms with Crippen molar-refractivity contribution >= 4 is 5.91 Å². The molecule has 8 heteroatoms. The fourth-order valence-corrected chi connectivity index (χ4v) is 3.62. The van der Waals surface area contributed by atoms with Gasteiger partial charge in [-0.1, -0.05) is 5.16 Å². The molecule has 0 radical (unpaired) electrons. The highest BCUT2D eigenvalue weighted by Crippen LogP contribution is 2.36. The topological polar surface area (TPSA) is 90.6 Å². The van der Waals surface area contributed by atoms with Crippen molar-refractivity contribution in [2.45, 2.75) is 25.3 Å². The van der Waals surface area contributed by atoms with Crippen LogP contribution in [-0.2, 0) is 0 Å². The number of ether oxygens (including phenoxy) is 2. The number of piperidine rings is 1. The van der Waals surface area contributed by atoms with Gasteiger partial charge in [-0.25, -0.2) is 0 Å². The second kappa shape index (κ2) is 6.95. The van der Waals surface area contributed by atoms with Gasteiger partial charge < -0.3 is 18.9 Å². The van der Waals surface area contributed by atoms with Crippen LogP contribution >= 0.6 is 0 Å². The molecule has 1 aromatic carbocycles. The lowest BCUT2D eigenvalue weighted by Gasteiger charge is -2.33. The van der Waals surface area contributed by atoms with Gasteiger partial charge in [0.05, 0.1) is 0 Å². The highest BCUT2D eigenvalue weighted by atomic mass is 16.7. The first-order chi connectivity index (χ1) is 13.8. The third-order valence-electron chi connectivity index (χ3n) is 5.05. The fourth-order valence-electron chi connectivity index (χ4n) is 3.62. The lowest BCUT2D eigenvalue weighted by Crippen LogP contribution is -2.38. The Hall–Kier alpha value is -3.42. The molecule has 0 bridgehead atoms. The number of rotatable bonds is 3. The first kappa shape index (κ1) is 16.7. The number of likely N-dealkylation sites (tertiary alicyclic amines) is 1. The maximum absolute atomic E-state index is 13.2. The molecule has 2 aromatic heterocycles. The summed E-state index contributed by atoms with van der Waals surface area (Å²) in [5.74, 6) is 2.13. The van der Waals surface area contributed by atoms with Crippen molar-refractivity contribution in [2.24, 2.45) is 0 Å². The first-order valence-electron chi connectivity index (χ1n) is 9.24. The van der Waals surface area contributed by atoms with Gasteiger partial charge >= 0.3 is 0 Å². The van der Waals surface area contributed by atoms with Crippen LogP contribution in [0.2, 0.25) is 0 Å². The molecular weight excluding hydrogens is 360 g/mol. The van der Waals surface area contributed by atoms with Crippen LogP contribution in [0.4, 0.5) is 0 Å². The summed E-state index contributed by atoms with van der Waals surface area (Å²) in [5, 5.41) is 4.09. The number of amides is 1. The lowest BCUT2D eigenvalue weighted by atomic mass is 10.0. The SMILES string of the molecule is O=C(c1ccc2c(c1)OCO2)N1CCCC[C@H]1c1nc(-c2ccncc2)no1. The molecule has 3 aromatic rings. The highest BCUT2D eigenvalue weighted by molar-refractivity contribution is 5.95. The predicted octanol–water partition coefficient (Wildman–Crippen LogP) is 3.23. The Morgan fingerprint density at radius 3 is 2.82 bits per heavy atom. The van der Waals surface area contributed by atoms with Crippen LogP contribution in [0.1, 0.15) is 41.6 Å². The van der Waals surface area contributed by atoms with Gasteiger partial charge in [0.2, 0.25) is 18.5 Å². The van der Waals surface area contributed by atoms with E-state index < -0.39 is 0 Å². The molecule has 0 spiro atoms. The Labute approximate surface area is 161 Å². The number of carbonyl (C=O) groups is 1. The van der Waals surface area contributed by atoms with Crippen molar-refractivity contribution in [2.75, 3.05) is 13.3 Å². The summed E-state index contributed by atoms with van der Waals surface area (Å²) < 4.78 is 16.3. The molecule has 28 heavy (non-hydrogen) atoms. The molecule has 2 aliphatic heterocycles. The van der Waals surface area contributed by atoms with Crippen molar-refractivity contribution < 1.29 is 18.8 Å². The van der Waals surface area contributed by atoms with E-state index in [9.17, 15) is 4.79 Å². The van der Waals surface area contributed by atoms with Gasteiger partial charge in [0.1, 0.15) is 6.04 Å². The van der Waals surface area contributed by atoms with Gasteiger partial charge in [-0.3, -0.25) is 9.78 Å². The Bertz CT molecular complexity index is 1000. The monoisotopic (exact) mass is 378 g/mol. The lowest BCUT2D eigenvalue weighted by molar-refractivity contribution is 0.0561. The third kappa shape index (κ3) is 2.96. The van der Waals surface area contributed by atoms with E-state index in [1.165, 1.54) is 0 Å². The van der Waals surface area contributed by atoms with Crippen molar-refractivity contribution in [1.29, 1.82) is 0 Å². The van der Waals surface area contributed by atoms with Crippen LogP contribution in [0.5, 0.6) is 11.5 Å². The molecule has 0 aliphatic carbocycles. The van der Waals surface area contributed by atoms with Crippen LogP contribution < -0.4 is 9.47 Å². The van der Waals surface area contributed by atoms with Crippen LogP contribution in [0.3, 0.4) is 0 Å². The molecule has 1 fully saturated rings. The number of pyridine rings is 1. The molecule has 1 amide bonds. The van der Waals surface area contributed by atoms with E-state index in [0.29, 0.717) is 35.3 Å². The number of hydrogen-bond acceptors (Lipinski definition) is 7. The van der Waals surface area contributed by atoms with Crippen molar-refractivity contribution in [3.05, 3.63) is 54.2 Å². The summed E-state index contributed by atoms with van der Waals surface area (Å²) in [6.07, 6.45) is 6.10. The standard InChI is InChI=1S/C20H18N4O4/c25-20(14-4-5-16-17(11-14)27-12-26-16)24-10-2-1-3-15(24)19-22-18(23-28-19)13-6-8-21-9-7-13/h4-9,11,15H,1-3,10,12H2/t15-/m0/s1. The Kier molecular flexibility index (Phi) is 4.16. The van der Waals surface area contributed by atoms with Crippen LogP contribution in [0.15, 0.2) is 47.2 Å². The minimum Gasteiger partial charge on any atom is -0.454 e. The van der Waals surface area contributed by atoms with Crippen molar-refractivity contribution in [3.8, 4) is 22.9 Å². The summed E-state index contributed by atoms with van der Waals surface area (Å²) in [7, 11) is 0. The minimum absolute atomic E-state index is 0.0772. The van der Waals surface area contributed by atoms with Gasteiger partial charge in [0.15, 0.2) is 11.5 Å². The molecule has 8 nitrogen and oxygen atoms in total. The Balaban J connectivity index is 1.42. The molecule has 142 valence electrons. The van der Waals surface area contributed by atoms with E-state index in [2.05, 4.69) is 15.1 Å². The molecule has 1 saturated heterocycles. The van der Waals surface area contributed by atoms with Crippen LogP contribution in [0.25, 0.3) is 11.4 Å². The van der Waals surface area contributed by atoms with Gasteiger partial charge in [-0.05, 0) is 49.6 Å². The van der Waals surface area contributed by atoms with Gasteiger partial charge in [-0.15, -0.1) is 0 Å². The molecule has 0 unspecified atom stereocenters. The van der Waals surface area contributed by atoms with E-state index >= 15 is 0 Å². The molecule has 1 atom stereocenters. The first-order valence-corrected chi connectivity index (χ1v) is 9.24. The molecule has 0 saturated carbocycles. The number of benzene rings is 1. The van der Waals surface area contributed by atoms with Crippen molar-refractivity contribution in [1.82, 2.24) is 20.0 Å². The van der Waals surface area contributed by atoms with Crippen molar-refractivity contribution in [3.63, 3.8) is 0 Å². The van der Waals surface area contributed by atoms with E-state index in [1.807, 2.05) is 17.0 Å². The summed E-state index contributed by atoms with van der Waals surface area (Å²) in [6, 6.07) is 8.66. The fraction of sp³-hybridized carbons (Fsp3) is 0.300. The number of aromatic nitrogens is 3. The molecule has 4 heterocycles. The highest BCUT2D eigenvalue weighted by Gasteiger charge is 2.33. The Morgan fingerprint density at radius 2 is 1.93 bits per heavy atom. The largest absolute Gasteiger partial charge is 0.454 e. The maximum Gasteiger partial charge on any atom is 0.254 e. The zero-order valence-corrected chi connectivity index (χ0v) is 15.1. The minimum atomic E-state index is -0.241. The zero-order chi connectivity index (χ0) is 18.9. The number of nitrogens with zero attached hydrogens (tertiary/aromatic N) is 4. The van der Waals surface area contributed by atoms with Crippen LogP contribution in [0, 0.1) is 0 Å². The molecule has 5 rings (SSSR count). The second-order valence-corrected chi connectivity index (χ2v) is 6.77. The van der Waals surface area contributed by atoms with Crippen LogP contribution in [-0.4, -0.2) is 39.3 Å². The van der Waals surface area contributed by atoms with E-state index in [4.69, 9.17) is 14.0 Å². The number of hydrogen-bond donors (Lipinski definition) is 0. The van der Waals surface area contributed by atoms with E-state index in [-0.39, 0.29) is 18.7 Å².